The summed E-state index contributed by atoms with van der Waals surface area (Å²) in [7, 11) is 0. The molecule has 26 heavy (non-hydrogen) atoms. The molecule has 7 nitrogen and oxygen atoms in total. The first kappa shape index (κ1) is 17.5. The number of hydrogen-bond donors (Lipinski definition) is 2. The predicted molar refractivity (Wildman–Crippen MR) is 100 cm³/mol. The first-order valence-corrected chi connectivity index (χ1v) is 10.1. The average Bonchev–Trinajstić information content (AvgIpc) is 3.17. The summed E-state index contributed by atoms with van der Waals surface area (Å²) in [6.07, 6.45) is 8.94. The average molecular weight is 359 g/mol. The summed E-state index contributed by atoms with van der Waals surface area (Å²) in [5.41, 5.74) is 1.58. The van der Waals surface area contributed by atoms with E-state index in [-0.39, 0.29) is 11.5 Å². The van der Waals surface area contributed by atoms with Crippen LogP contribution in [0.2, 0.25) is 0 Å². The second-order valence-corrected chi connectivity index (χ2v) is 7.87. The maximum atomic E-state index is 12.5. The fourth-order valence-corrected chi connectivity index (χ4v) is 4.40. The Labute approximate surface area is 154 Å². The number of aromatic amines is 1. The number of anilines is 1. The highest BCUT2D eigenvalue weighted by Gasteiger charge is 2.25. The van der Waals surface area contributed by atoms with Gasteiger partial charge in [-0.05, 0) is 25.7 Å². The maximum Gasteiger partial charge on any atom is 0.257 e. The van der Waals surface area contributed by atoms with Crippen LogP contribution in [0, 0.1) is 0 Å². The molecule has 1 saturated heterocycles. The van der Waals surface area contributed by atoms with E-state index in [1.54, 1.807) is 0 Å². The summed E-state index contributed by atoms with van der Waals surface area (Å²) in [6.45, 7) is 3.59. The summed E-state index contributed by atoms with van der Waals surface area (Å²) in [5.74, 6) is 0.799. The summed E-state index contributed by atoms with van der Waals surface area (Å²) >= 11 is 0. The van der Waals surface area contributed by atoms with E-state index in [0.29, 0.717) is 19.1 Å². The molecular formula is C19H29N5O2. The van der Waals surface area contributed by atoms with Gasteiger partial charge in [-0.25, -0.2) is 4.98 Å². The highest BCUT2D eigenvalue weighted by molar-refractivity contribution is 5.78. The van der Waals surface area contributed by atoms with Crippen molar-refractivity contribution in [2.24, 2.45) is 0 Å². The van der Waals surface area contributed by atoms with E-state index in [9.17, 15) is 9.59 Å². The molecule has 1 amide bonds. The van der Waals surface area contributed by atoms with E-state index in [1.165, 1.54) is 19.3 Å². The van der Waals surface area contributed by atoms with Gasteiger partial charge in [-0.2, -0.15) is 0 Å². The van der Waals surface area contributed by atoms with Crippen LogP contribution in [0.25, 0.3) is 0 Å². The fourth-order valence-electron chi connectivity index (χ4n) is 4.40. The van der Waals surface area contributed by atoms with E-state index in [1.807, 2.05) is 0 Å². The lowest BCUT2D eigenvalue weighted by atomic mass is 9.95. The van der Waals surface area contributed by atoms with E-state index in [4.69, 9.17) is 4.98 Å². The van der Waals surface area contributed by atoms with Crippen molar-refractivity contribution in [3.05, 3.63) is 21.6 Å². The number of H-pyrrole nitrogens is 1. The zero-order valence-corrected chi connectivity index (χ0v) is 15.4. The van der Waals surface area contributed by atoms with Gasteiger partial charge in [0.05, 0.1) is 17.8 Å². The minimum absolute atomic E-state index is 0.0470. The molecule has 0 aromatic carbocycles. The highest BCUT2D eigenvalue weighted by atomic mass is 16.2. The predicted octanol–water partition coefficient (Wildman–Crippen LogP) is 1.18. The molecule has 1 saturated carbocycles. The molecular weight excluding hydrogens is 330 g/mol. The van der Waals surface area contributed by atoms with Gasteiger partial charge >= 0.3 is 0 Å². The molecule has 1 aromatic rings. The van der Waals surface area contributed by atoms with Crippen LogP contribution < -0.4 is 15.8 Å². The minimum Gasteiger partial charge on any atom is -0.352 e. The van der Waals surface area contributed by atoms with Crippen LogP contribution in [-0.2, 0) is 17.8 Å². The summed E-state index contributed by atoms with van der Waals surface area (Å²) < 4.78 is 0. The fraction of sp³-hybridized carbons (Fsp3) is 0.737. The standard InChI is InChI=1S/C19H29N5O2/c25-17(20-14-6-2-1-3-7-14)13-23-11-8-16-15(12-23)18(26)22-19(21-16)24-9-4-5-10-24/h14H,1-13H2,(H,20,25)(H,21,22,26). The largest absolute Gasteiger partial charge is 0.352 e. The molecule has 2 fully saturated rings. The van der Waals surface area contributed by atoms with Crippen molar-refractivity contribution in [1.29, 1.82) is 0 Å². The maximum absolute atomic E-state index is 12.5. The SMILES string of the molecule is O=C(CN1CCc2nc(N3CCCC3)[nH]c(=O)c2C1)NC1CCCCC1. The Morgan fingerprint density at radius 3 is 2.65 bits per heavy atom. The van der Waals surface area contributed by atoms with Gasteiger partial charge in [0.2, 0.25) is 11.9 Å². The zero-order chi connectivity index (χ0) is 17.9. The van der Waals surface area contributed by atoms with Gasteiger partial charge in [-0.3, -0.25) is 19.5 Å². The number of amides is 1. The summed E-state index contributed by atoms with van der Waals surface area (Å²) in [4.78, 5) is 36.8. The molecule has 2 aliphatic heterocycles. The van der Waals surface area contributed by atoms with Crippen LogP contribution in [0.3, 0.4) is 0 Å². The second-order valence-electron chi connectivity index (χ2n) is 7.87. The number of nitrogens with zero attached hydrogens (tertiary/aromatic N) is 3. The third-order valence-corrected chi connectivity index (χ3v) is 5.88. The van der Waals surface area contributed by atoms with Crippen molar-refractivity contribution in [2.45, 2.75) is 64.0 Å². The normalized spacial score (nSPS) is 21.6. The van der Waals surface area contributed by atoms with Crippen molar-refractivity contribution in [3.8, 4) is 0 Å². The lowest BCUT2D eigenvalue weighted by Crippen LogP contribution is -2.45. The van der Waals surface area contributed by atoms with Crippen molar-refractivity contribution in [2.75, 3.05) is 31.1 Å². The van der Waals surface area contributed by atoms with Gasteiger partial charge in [-0.1, -0.05) is 19.3 Å². The van der Waals surface area contributed by atoms with Gasteiger partial charge < -0.3 is 10.2 Å². The van der Waals surface area contributed by atoms with Crippen molar-refractivity contribution in [3.63, 3.8) is 0 Å². The van der Waals surface area contributed by atoms with Crippen LogP contribution in [0.5, 0.6) is 0 Å². The number of hydrogen-bond acceptors (Lipinski definition) is 5. The van der Waals surface area contributed by atoms with Gasteiger partial charge in [0.1, 0.15) is 0 Å². The molecule has 4 rings (SSSR count). The van der Waals surface area contributed by atoms with Gasteiger partial charge in [0, 0.05) is 38.6 Å². The monoisotopic (exact) mass is 359 g/mol. The number of aromatic nitrogens is 2. The smallest absolute Gasteiger partial charge is 0.257 e. The van der Waals surface area contributed by atoms with E-state index >= 15 is 0 Å². The van der Waals surface area contributed by atoms with E-state index < -0.39 is 0 Å². The molecule has 0 radical (unpaired) electrons. The lowest BCUT2D eigenvalue weighted by Gasteiger charge is -2.29. The number of nitrogens with one attached hydrogen (secondary N) is 2. The molecule has 1 aliphatic carbocycles. The first-order chi connectivity index (χ1) is 12.7. The molecule has 0 spiro atoms. The quantitative estimate of drug-likeness (QED) is 0.844. The van der Waals surface area contributed by atoms with Gasteiger partial charge in [-0.15, -0.1) is 0 Å². The number of fused-ring (bicyclic) bond motifs is 1. The molecule has 3 aliphatic rings. The summed E-state index contributed by atoms with van der Waals surface area (Å²) in [6, 6.07) is 0.335. The third kappa shape index (κ3) is 3.92. The van der Waals surface area contributed by atoms with Gasteiger partial charge in [0.25, 0.3) is 5.56 Å². The molecule has 3 heterocycles. The Bertz CT molecular complexity index is 704. The topological polar surface area (TPSA) is 81.3 Å². The molecule has 142 valence electrons. The van der Waals surface area contributed by atoms with E-state index in [2.05, 4.69) is 20.1 Å². The first-order valence-electron chi connectivity index (χ1n) is 10.1. The Morgan fingerprint density at radius 2 is 1.88 bits per heavy atom. The Morgan fingerprint density at radius 1 is 1.12 bits per heavy atom. The molecule has 0 atom stereocenters. The Balaban J connectivity index is 1.38. The van der Waals surface area contributed by atoms with E-state index in [0.717, 1.165) is 68.9 Å². The van der Waals surface area contributed by atoms with Crippen LogP contribution in [0.1, 0.15) is 56.2 Å². The van der Waals surface area contributed by atoms with Crippen LogP contribution in [0.4, 0.5) is 5.95 Å². The molecule has 0 unspecified atom stereocenters. The zero-order valence-electron chi connectivity index (χ0n) is 15.4. The highest BCUT2D eigenvalue weighted by Crippen LogP contribution is 2.20. The van der Waals surface area contributed by atoms with Crippen LogP contribution >= 0.6 is 0 Å². The third-order valence-electron chi connectivity index (χ3n) is 5.88. The lowest BCUT2D eigenvalue weighted by molar-refractivity contribution is -0.123. The van der Waals surface area contributed by atoms with Crippen LogP contribution in [-0.4, -0.2) is 53.0 Å². The second kappa shape index (κ2) is 7.78. The Hall–Kier alpha value is -1.89. The molecule has 1 aromatic heterocycles. The van der Waals surface area contributed by atoms with Crippen molar-refractivity contribution >= 4 is 11.9 Å². The minimum atomic E-state index is -0.0470. The Kier molecular flexibility index (Phi) is 5.24. The number of carbonyl (C=O) groups is 1. The molecule has 0 bridgehead atoms. The number of rotatable bonds is 4. The van der Waals surface area contributed by atoms with Crippen LogP contribution in [0.15, 0.2) is 4.79 Å². The number of carbonyl (C=O) groups excluding carboxylic acids is 1. The molecule has 7 heteroatoms. The molecule has 2 N–H and O–H groups in total. The van der Waals surface area contributed by atoms with Crippen molar-refractivity contribution < 1.29 is 4.79 Å². The summed E-state index contributed by atoms with van der Waals surface area (Å²) in [5, 5.41) is 3.16. The van der Waals surface area contributed by atoms with Crippen molar-refractivity contribution in [1.82, 2.24) is 20.2 Å². The van der Waals surface area contributed by atoms with Gasteiger partial charge in [0.15, 0.2) is 0 Å².